The van der Waals surface area contributed by atoms with E-state index in [0.717, 1.165) is 42.0 Å². The summed E-state index contributed by atoms with van der Waals surface area (Å²) < 4.78 is 22.2. The normalized spacial score (nSPS) is 12.7. The maximum atomic E-state index is 14.0. The Labute approximate surface area is 179 Å². The minimum absolute atomic E-state index is 0.383. The predicted molar refractivity (Wildman–Crippen MR) is 116 cm³/mol. The number of benzene rings is 2. The number of halogens is 1. The fourth-order valence-corrected chi connectivity index (χ4v) is 4.04. The summed E-state index contributed by atoms with van der Waals surface area (Å²) in [4.78, 5) is 9.57. The maximum absolute atomic E-state index is 14.0. The van der Waals surface area contributed by atoms with Gasteiger partial charge in [0, 0.05) is 17.9 Å². The Bertz CT molecular complexity index is 1250. The number of nitrogens with zero attached hydrogens (tertiary/aromatic N) is 3. The van der Waals surface area contributed by atoms with Gasteiger partial charge < -0.3 is 14.4 Å². The first kappa shape index (κ1) is 19.3. The van der Waals surface area contributed by atoms with Gasteiger partial charge in [-0.1, -0.05) is 36.4 Å². The lowest BCUT2D eigenvalue weighted by atomic mass is 10.1. The van der Waals surface area contributed by atoms with Crippen molar-refractivity contribution in [3.05, 3.63) is 83.4 Å². The highest BCUT2D eigenvalue weighted by molar-refractivity contribution is 5.73. The van der Waals surface area contributed by atoms with Crippen molar-refractivity contribution in [3.63, 3.8) is 0 Å². The molecule has 0 unspecified atom stereocenters. The molecule has 0 fully saturated rings. The molecule has 2 aromatic heterocycles. The zero-order valence-corrected chi connectivity index (χ0v) is 17.2. The predicted octanol–water partition coefficient (Wildman–Crippen LogP) is 5.29. The van der Waals surface area contributed by atoms with E-state index < -0.39 is 5.82 Å². The molecule has 0 amide bonds. The highest BCUT2D eigenvalue weighted by Crippen LogP contribution is 2.39. The van der Waals surface area contributed by atoms with Crippen LogP contribution < -0.4 is 4.74 Å². The number of para-hydroxylation sites is 1. The number of hydrogen-bond acceptors (Lipinski definition) is 4. The van der Waals surface area contributed by atoms with E-state index in [1.165, 1.54) is 6.07 Å². The average Bonchev–Trinajstić information content (AvgIpc) is 3.39. The van der Waals surface area contributed by atoms with Crippen LogP contribution >= 0.6 is 0 Å². The second-order valence-corrected chi connectivity index (χ2v) is 7.70. The Balaban J connectivity index is 1.59. The number of aromatic nitrogens is 3. The van der Waals surface area contributed by atoms with Gasteiger partial charge in [-0.3, -0.25) is 0 Å². The maximum Gasteiger partial charge on any atom is 0.165 e. The van der Waals surface area contributed by atoms with Crippen LogP contribution in [-0.2, 0) is 19.6 Å². The zero-order chi connectivity index (χ0) is 21.4. The number of aryl methyl sites for hydroxylation is 1. The second kappa shape index (κ2) is 7.87. The number of ether oxygens (including phenoxy) is 1. The van der Waals surface area contributed by atoms with Crippen LogP contribution in [0.2, 0.25) is 0 Å². The lowest BCUT2D eigenvalue weighted by Gasteiger charge is -2.11. The fraction of sp³-hybridized carbons (Fsp3) is 0.200. The fourth-order valence-electron chi connectivity index (χ4n) is 4.04. The number of aromatic hydroxyl groups is 1. The van der Waals surface area contributed by atoms with E-state index in [2.05, 4.69) is 4.57 Å². The molecule has 1 aliphatic rings. The third kappa shape index (κ3) is 3.54. The van der Waals surface area contributed by atoms with Crippen molar-refractivity contribution in [2.75, 3.05) is 0 Å². The van der Waals surface area contributed by atoms with Crippen LogP contribution in [0.25, 0.3) is 22.8 Å². The van der Waals surface area contributed by atoms with Gasteiger partial charge in [-0.25, -0.2) is 14.4 Å². The largest absolute Gasteiger partial charge is 0.504 e. The van der Waals surface area contributed by atoms with Crippen molar-refractivity contribution in [2.45, 2.75) is 32.9 Å². The molecule has 0 saturated carbocycles. The standard InChI is InChI=1S/C25H22FN3O2/c1-16-12-13-21(31-15-17-7-3-2-4-8-17)23(27-16)22-20-11-6-14-29(20)25(28-22)18-9-5-10-19(26)24(18)30/h2-5,7-10,12-13,30H,6,11,14-15H2,1H3. The molecule has 0 radical (unpaired) electrons. The van der Waals surface area contributed by atoms with Gasteiger partial charge >= 0.3 is 0 Å². The molecule has 6 heteroatoms. The van der Waals surface area contributed by atoms with Crippen LogP contribution in [0.3, 0.4) is 0 Å². The third-order valence-electron chi connectivity index (χ3n) is 5.55. The van der Waals surface area contributed by atoms with Crippen LogP contribution in [0.1, 0.15) is 23.4 Å². The van der Waals surface area contributed by atoms with E-state index in [1.807, 2.05) is 49.4 Å². The molecule has 1 N–H and O–H groups in total. The van der Waals surface area contributed by atoms with E-state index in [-0.39, 0.29) is 5.75 Å². The third-order valence-corrected chi connectivity index (χ3v) is 5.55. The quantitative estimate of drug-likeness (QED) is 0.481. The molecule has 3 heterocycles. The highest BCUT2D eigenvalue weighted by atomic mass is 19.1. The smallest absolute Gasteiger partial charge is 0.165 e. The van der Waals surface area contributed by atoms with E-state index in [4.69, 9.17) is 14.7 Å². The highest BCUT2D eigenvalue weighted by Gasteiger charge is 2.27. The van der Waals surface area contributed by atoms with Gasteiger partial charge in [-0.2, -0.15) is 0 Å². The molecule has 4 aromatic rings. The molecular weight excluding hydrogens is 393 g/mol. The summed E-state index contributed by atoms with van der Waals surface area (Å²) in [5, 5.41) is 10.3. The second-order valence-electron chi connectivity index (χ2n) is 7.70. The van der Waals surface area contributed by atoms with Crippen LogP contribution in [0, 0.1) is 12.7 Å². The Hall–Kier alpha value is -3.67. The zero-order valence-electron chi connectivity index (χ0n) is 17.2. The number of phenolic OH excluding ortho intramolecular Hbond substituents is 1. The van der Waals surface area contributed by atoms with Crippen molar-refractivity contribution < 1.29 is 14.2 Å². The monoisotopic (exact) mass is 415 g/mol. The van der Waals surface area contributed by atoms with Gasteiger partial charge in [-0.15, -0.1) is 0 Å². The van der Waals surface area contributed by atoms with Crippen LogP contribution in [0.5, 0.6) is 11.5 Å². The van der Waals surface area contributed by atoms with Gasteiger partial charge in [-0.05, 0) is 49.6 Å². The molecule has 2 aromatic carbocycles. The van der Waals surface area contributed by atoms with E-state index >= 15 is 0 Å². The molecule has 31 heavy (non-hydrogen) atoms. The SMILES string of the molecule is Cc1ccc(OCc2ccccc2)c(-c2nc(-c3cccc(F)c3O)n3c2CCC3)n1. The lowest BCUT2D eigenvalue weighted by Crippen LogP contribution is -2.00. The van der Waals surface area contributed by atoms with Crippen molar-refractivity contribution in [2.24, 2.45) is 0 Å². The van der Waals surface area contributed by atoms with Crippen LogP contribution in [0.15, 0.2) is 60.7 Å². The number of imidazole rings is 1. The van der Waals surface area contributed by atoms with Crippen molar-refractivity contribution in [1.82, 2.24) is 14.5 Å². The lowest BCUT2D eigenvalue weighted by molar-refractivity contribution is 0.306. The summed E-state index contributed by atoms with van der Waals surface area (Å²) in [6.07, 6.45) is 1.80. The Kier molecular flexibility index (Phi) is 4.90. The molecule has 0 saturated heterocycles. The van der Waals surface area contributed by atoms with Gasteiger partial charge in [0.15, 0.2) is 11.6 Å². The number of hydrogen-bond donors (Lipinski definition) is 1. The van der Waals surface area contributed by atoms with E-state index in [0.29, 0.717) is 29.4 Å². The molecule has 0 spiro atoms. The summed E-state index contributed by atoms with van der Waals surface area (Å²) >= 11 is 0. The Morgan fingerprint density at radius 2 is 1.84 bits per heavy atom. The van der Waals surface area contributed by atoms with Crippen LogP contribution in [-0.4, -0.2) is 19.6 Å². The van der Waals surface area contributed by atoms with Crippen molar-refractivity contribution in [3.8, 4) is 34.3 Å². The molecular formula is C25H22FN3O2. The van der Waals surface area contributed by atoms with Gasteiger partial charge in [0.2, 0.25) is 0 Å². The van der Waals surface area contributed by atoms with Gasteiger partial charge in [0.25, 0.3) is 0 Å². The number of phenols is 1. The summed E-state index contributed by atoms with van der Waals surface area (Å²) in [5.41, 5.74) is 4.73. The molecule has 0 bridgehead atoms. The summed E-state index contributed by atoms with van der Waals surface area (Å²) in [7, 11) is 0. The number of fused-ring (bicyclic) bond motifs is 1. The first-order valence-electron chi connectivity index (χ1n) is 10.3. The first-order chi connectivity index (χ1) is 15.1. The van der Waals surface area contributed by atoms with Gasteiger partial charge in [0.05, 0.1) is 5.56 Å². The number of rotatable bonds is 5. The Morgan fingerprint density at radius 1 is 1.00 bits per heavy atom. The minimum atomic E-state index is -0.657. The van der Waals surface area contributed by atoms with E-state index in [1.54, 1.807) is 12.1 Å². The van der Waals surface area contributed by atoms with Crippen LogP contribution in [0.4, 0.5) is 4.39 Å². The summed E-state index contributed by atoms with van der Waals surface area (Å²) in [6.45, 7) is 3.12. The molecule has 156 valence electrons. The number of pyridine rings is 1. The van der Waals surface area contributed by atoms with Gasteiger partial charge in [0.1, 0.15) is 29.6 Å². The summed E-state index contributed by atoms with van der Waals surface area (Å²) in [5.74, 6) is 0.163. The summed E-state index contributed by atoms with van der Waals surface area (Å²) in [6, 6.07) is 18.3. The van der Waals surface area contributed by atoms with Crippen molar-refractivity contribution >= 4 is 0 Å². The average molecular weight is 415 g/mol. The Morgan fingerprint density at radius 3 is 2.68 bits per heavy atom. The molecule has 1 aliphatic heterocycles. The first-order valence-corrected chi connectivity index (χ1v) is 10.3. The van der Waals surface area contributed by atoms with E-state index in [9.17, 15) is 9.50 Å². The molecule has 0 aliphatic carbocycles. The van der Waals surface area contributed by atoms with Crippen molar-refractivity contribution in [1.29, 1.82) is 0 Å². The molecule has 0 atom stereocenters. The molecule has 5 rings (SSSR count). The molecule has 5 nitrogen and oxygen atoms in total. The topological polar surface area (TPSA) is 60.2 Å². The minimum Gasteiger partial charge on any atom is -0.504 e.